The zero-order chi connectivity index (χ0) is 20.2. The molecule has 5 rings (SSSR count). The van der Waals surface area contributed by atoms with Crippen molar-refractivity contribution < 1.29 is 4.74 Å². The summed E-state index contributed by atoms with van der Waals surface area (Å²) < 4.78 is 7.83. The maximum Gasteiger partial charge on any atom is 0.271 e. The van der Waals surface area contributed by atoms with Gasteiger partial charge in [-0.3, -0.25) is 24.5 Å². The van der Waals surface area contributed by atoms with Crippen LogP contribution in [-0.4, -0.2) is 37.0 Å². The molecule has 1 aromatic carbocycles. The standard InChI is InChI=1S/C21H23N5O2S/c1-12-24-19-16(20(27)25-26(19)13-7-10-28-21(2,3)11-13)18(29-12)14-5-4-6-15-17(14)23-9-8-22-15/h4-6,8-9,13,18H,7,10-11H2,1-3H3,(H,25,27). The number of thioether (sulfide) groups is 1. The maximum atomic E-state index is 13.1. The van der Waals surface area contributed by atoms with Crippen molar-refractivity contribution in [3.63, 3.8) is 0 Å². The molecule has 150 valence electrons. The van der Waals surface area contributed by atoms with E-state index in [1.165, 1.54) is 0 Å². The van der Waals surface area contributed by atoms with Gasteiger partial charge < -0.3 is 4.74 Å². The average molecular weight is 410 g/mol. The van der Waals surface area contributed by atoms with Gasteiger partial charge in [-0.15, -0.1) is 0 Å². The van der Waals surface area contributed by atoms with Crippen LogP contribution in [0.15, 0.2) is 40.4 Å². The molecule has 1 fully saturated rings. The number of hydrogen-bond acceptors (Lipinski definition) is 6. The van der Waals surface area contributed by atoms with Crippen LogP contribution in [0.5, 0.6) is 0 Å². The second-order valence-electron chi connectivity index (χ2n) is 8.20. The molecule has 2 aliphatic heterocycles. The molecule has 2 atom stereocenters. The van der Waals surface area contributed by atoms with Crippen LogP contribution in [-0.2, 0) is 4.74 Å². The van der Waals surface area contributed by atoms with E-state index in [0.29, 0.717) is 12.2 Å². The fraction of sp³-hybridized carbons (Fsp3) is 0.429. The van der Waals surface area contributed by atoms with Crippen LogP contribution in [0.4, 0.5) is 5.82 Å². The Morgan fingerprint density at radius 3 is 2.93 bits per heavy atom. The van der Waals surface area contributed by atoms with E-state index in [1.807, 2.05) is 29.8 Å². The molecule has 0 aliphatic carbocycles. The van der Waals surface area contributed by atoms with Crippen molar-refractivity contribution in [2.45, 2.75) is 50.5 Å². The molecule has 1 saturated heterocycles. The third-order valence-electron chi connectivity index (χ3n) is 5.60. The van der Waals surface area contributed by atoms with Gasteiger partial charge in [0.05, 0.1) is 38.5 Å². The Bertz CT molecular complexity index is 1170. The van der Waals surface area contributed by atoms with Crippen LogP contribution in [0, 0.1) is 0 Å². The third-order valence-corrected chi connectivity index (χ3v) is 6.76. The molecule has 2 unspecified atom stereocenters. The first-order chi connectivity index (χ1) is 13.9. The Labute approximate surface area is 172 Å². The predicted molar refractivity (Wildman–Crippen MR) is 115 cm³/mol. The highest BCUT2D eigenvalue weighted by Crippen LogP contribution is 2.46. The number of aliphatic imine (C=N–C) groups is 1. The third kappa shape index (κ3) is 3.20. The highest BCUT2D eigenvalue weighted by Gasteiger charge is 2.36. The molecule has 0 spiro atoms. The Morgan fingerprint density at radius 1 is 1.28 bits per heavy atom. The van der Waals surface area contributed by atoms with E-state index >= 15 is 0 Å². The summed E-state index contributed by atoms with van der Waals surface area (Å²) in [5.41, 5.74) is 3.04. The van der Waals surface area contributed by atoms with Crippen molar-refractivity contribution >= 4 is 33.7 Å². The van der Waals surface area contributed by atoms with Gasteiger partial charge in [-0.1, -0.05) is 23.9 Å². The summed E-state index contributed by atoms with van der Waals surface area (Å²) in [6.45, 7) is 6.85. The lowest BCUT2D eigenvalue weighted by Crippen LogP contribution is -2.35. The number of benzene rings is 1. The molecule has 0 amide bonds. The second-order valence-corrected chi connectivity index (χ2v) is 9.50. The summed E-state index contributed by atoms with van der Waals surface area (Å²) in [6, 6.07) is 6.11. The van der Waals surface area contributed by atoms with Gasteiger partial charge in [-0.25, -0.2) is 4.99 Å². The van der Waals surface area contributed by atoms with Crippen LogP contribution in [0.2, 0.25) is 0 Å². The van der Waals surface area contributed by atoms with Crippen molar-refractivity contribution in [2.24, 2.45) is 4.99 Å². The van der Waals surface area contributed by atoms with E-state index < -0.39 is 0 Å². The number of H-pyrrole nitrogens is 1. The van der Waals surface area contributed by atoms with E-state index in [1.54, 1.807) is 24.2 Å². The highest BCUT2D eigenvalue weighted by atomic mass is 32.2. The van der Waals surface area contributed by atoms with E-state index in [-0.39, 0.29) is 22.5 Å². The molecular formula is C21H23N5O2S. The summed E-state index contributed by atoms with van der Waals surface area (Å²) >= 11 is 1.60. The Morgan fingerprint density at radius 2 is 2.10 bits per heavy atom. The molecule has 0 radical (unpaired) electrons. The molecule has 1 N–H and O–H groups in total. The fourth-order valence-corrected chi connectivity index (χ4v) is 5.47. The lowest BCUT2D eigenvalue weighted by Gasteiger charge is -2.36. The number of nitrogens with one attached hydrogen (secondary N) is 1. The van der Waals surface area contributed by atoms with Crippen molar-refractivity contribution in [1.29, 1.82) is 0 Å². The van der Waals surface area contributed by atoms with Gasteiger partial charge in [0, 0.05) is 19.0 Å². The SMILES string of the molecule is CC1=Nc2c(c(=O)[nH]n2C2CCOC(C)(C)C2)C(c2cccc3nccnc23)S1. The van der Waals surface area contributed by atoms with Gasteiger partial charge >= 0.3 is 0 Å². The molecule has 2 aliphatic rings. The minimum absolute atomic E-state index is 0.0843. The monoisotopic (exact) mass is 409 g/mol. The summed E-state index contributed by atoms with van der Waals surface area (Å²) in [4.78, 5) is 26.8. The van der Waals surface area contributed by atoms with Crippen molar-refractivity contribution in [3.05, 3.63) is 52.1 Å². The number of ether oxygens (including phenoxy) is 1. The molecule has 8 heteroatoms. The summed E-state index contributed by atoms with van der Waals surface area (Å²) in [5, 5.41) is 3.85. The first-order valence-corrected chi connectivity index (χ1v) is 10.7. The molecule has 3 aromatic rings. The van der Waals surface area contributed by atoms with Gasteiger partial charge in [-0.2, -0.15) is 0 Å². The topological polar surface area (TPSA) is 85.2 Å². The smallest absolute Gasteiger partial charge is 0.271 e. The Balaban J connectivity index is 1.66. The quantitative estimate of drug-likeness (QED) is 0.688. The predicted octanol–water partition coefficient (Wildman–Crippen LogP) is 4.14. The zero-order valence-electron chi connectivity index (χ0n) is 16.7. The second kappa shape index (κ2) is 6.81. The summed E-state index contributed by atoms with van der Waals surface area (Å²) in [5.74, 6) is 0.736. The number of nitrogens with zero attached hydrogens (tertiary/aromatic N) is 4. The molecule has 0 bridgehead atoms. The first kappa shape index (κ1) is 18.6. The molecule has 0 saturated carbocycles. The van der Waals surface area contributed by atoms with E-state index in [2.05, 4.69) is 28.9 Å². The first-order valence-electron chi connectivity index (χ1n) is 9.83. The average Bonchev–Trinajstić information content (AvgIpc) is 3.02. The van der Waals surface area contributed by atoms with Crippen LogP contribution >= 0.6 is 11.8 Å². The normalized spacial score (nSPS) is 23.6. The van der Waals surface area contributed by atoms with Crippen molar-refractivity contribution in [2.75, 3.05) is 6.61 Å². The van der Waals surface area contributed by atoms with E-state index in [9.17, 15) is 4.79 Å². The van der Waals surface area contributed by atoms with Gasteiger partial charge in [0.25, 0.3) is 5.56 Å². The maximum absolute atomic E-state index is 13.1. The van der Waals surface area contributed by atoms with Crippen LogP contribution in [0.3, 0.4) is 0 Å². The van der Waals surface area contributed by atoms with Crippen molar-refractivity contribution in [3.8, 4) is 0 Å². The van der Waals surface area contributed by atoms with Crippen molar-refractivity contribution in [1.82, 2.24) is 19.7 Å². The van der Waals surface area contributed by atoms with Gasteiger partial charge in [-0.05, 0) is 45.2 Å². The number of aromatic amines is 1. The van der Waals surface area contributed by atoms with Crippen LogP contribution in [0.25, 0.3) is 11.0 Å². The number of para-hydroxylation sites is 1. The van der Waals surface area contributed by atoms with Crippen LogP contribution in [0.1, 0.15) is 56.0 Å². The van der Waals surface area contributed by atoms with Crippen LogP contribution < -0.4 is 5.56 Å². The number of aromatic nitrogens is 4. The fourth-order valence-electron chi connectivity index (χ4n) is 4.34. The molecule has 2 aromatic heterocycles. The number of rotatable bonds is 2. The van der Waals surface area contributed by atoms with E-state index in [0.717, 1.165) is 40.3 Å². The number of fused-ring (bicyclic) bond motifs is 2. The summed E-state index contributed by atoms with van der Waals surface area (Å²) in [6.07, 6.45) is 5.07. The Hall–Kier alpha value is -2.45. The largest absolute Gasteiger partial charge is 0.375 e. The minimum atomic E-state index is -0.218. The lowest BCUT2D eigenvalue weighted by atomic mass is 9.94. The molecule has 29 heavy (non-hydrogen) atoms. The minimum Gasteiger partial charge on any atom is -0.375 e. The van der Waals surface area contributed by atoms with Gasteiger partial charge in [0.1, 0.15) is 0 Å². The Kier molecular flexibility index (Phi) is 4.36. The van der Waals surface area contributed by atoms with E-state index in [4.69, 9.17) is 9.73 Å². The number of hydrogen-bond donors (Lipinski definition) is 1. The zero-order valence-corrected chi connectivity index (χ0v) is 17.5. The summed E-state index contributed by atoms with van der Waals surface area (Å²) in [7, 11) is 0. The molecule has 4 heterocycles. The lowest BCUT2D eigenvalue weighted by molar-refractivity contribution is -0.0705. The molecule has 7 nitrogen and oxygen atoms in total. The van der Waals surface area contributed by atoms with Gasteiger partial charge in [0.2, 0.25) is 0 Å². The highest BCUT2D eigenvalue weighted by molar-refractivity contribution is 8.14. The molecular weight excluding hydrogens is 386 g/mol. The van der Waals surface area contributed by atoms with Gasteiger partial charge in [0.15, 0.2) is 5.82 Å².